The van der Waals surface area contributed by atoms with Gasteiger partial charge in [0.25, 0.3) is 0 Å². The van der Waals surface area contributed by atoms with Crippen molar-refractivity contribution in [2.24, 2.45) is 5.10 Å². The van der Waals surface area contributed by atoms with Crippen LogP contribution in [0.5, 0.6) is 0 Å². The minimum atomic E-state index is 0.0153. The Labute approximate surface area is 111 Å². The largest absolute Gasteiger partial charge is 0.492 e. The Morgan fingerprint density at radius 3 is 2.42 bits per heavy atom. The van der Waals surface area contributed by atoms with Crippen molar-refractivity contribution < 1.29 is 5.11 Å². The molecule has 0 saturated carbocycles. The lowest BCUT2D eigenvalue weighted by Crippen LogP contribution is -2.17. The number of hydrogen-bond donors (Lipinski definition) is 1. The Bertz CT molecular complexity index is 669. The average molecular weight is 250 g/mol. The van der Waals surface area contributed by atoms with E-state index in [2.05, 4.69) is 39.7 Å². The number of fused-ring (bicyclic) bond motifs is 2. The predicted molar refractivity (Wildman–Crippen MR) is 73.7 cm³/mol. The van der Waals surface area contributed by atoms with Crippen molar-refractivity contribution in [3.63, 3.8) is 0 Å². The Hall–Kier alpha value is -2.49. The smallest absolute Gasteiger partial charge is 0.242 e. The van der Waals surface area contributed by atoms with E-state index >= 15 is 0 Å². The normalized spacial score (nSPS) is 15.8. The highest BCUT2D eigenvalue weighted by Gasteiger charge is 2.26. The van der Waals surface area contributed by atoms with Crippen LogP contribution in [0.15, 0.2) is 47.6 Å². The second-order valence-electron chi connectivity index (χ2n) is 4.82. The van der Waals surface area contributed by atoms with E-state index in [1.165, 1.54) is 11.1 Å². The van der Waals surface area contributed by atoms with Gasteiger partial charge in [-0.3, -0.25) is 0 Å². The molecule has 2 aliphatic heterocycles. The molecule has 1 radical (unpaired) electrons. The van der Waals surface area contributed by atoms with Crippen LogP contribution in [0.25, 0.3) is 0 Å². The van der Waals surface area contributed by atoms with Crippen LogP contribution < -0.4 is 10.3 Å². The van der Waals surface area contributed by atoms with Crippen molar-refractivity contribution in [2.75, 3.05) is 4.90 Å². The molecule has 93 valence electrons. The van der Waals surface area contributed by atoms with Gasteiger partial charge in [0.15, 0.2) is 0 Å². The minimum absolute atomic E-state index is 0.0153. The summed E-state index contributed by atoms with van der Waals surface area (Å²) in [5.74, 6) is 0.0153. The topological polar surface area (TPSA) is 49.9 Å². The lowest BCUT2D eigenvalue weighted by molar-refractivity contribution is 0.552. The molecular weight excluding hydrogens is 238 g/mol. The van der Waals surface area contributed by atoms with E-state index in [4.69, 9.17) is 0 Å². The van der Waals surface area contributed by atoms with Crippen LogP contribution in [-0.4, -0.2) is 11.0 Å². The summed E-state index contributed by atoms with van der Waals surface area (Å²) in [6.45, 7) is 1.72. The van der Waals surface area contributed by atoms with Gasteiger partial charge < -0.3 is 10.0 Å². The molecule has 0 bridgehead atoms. The van der Waals surface area contributed by atoms with Crippen molar-refractivity contribution in [3.05, 3.63) is 59.2 Å². The molecule has 0 saturated heterocycles. The summed E-state index contributed by atoms with van der Waals surface area (Å²) in [4.78, 5) is 2.25. The van der Waals surface area contributed by atoms with Gasteiger partial charge in [0.1, 0.15) is 5.69 Å². The summed E-state index contributed by atoms with van der Waals surface area (Å²) < 4.78 is 0. The Morgan fingerprint density at radius 2 is 1.68 bits per heavy atom. The molecule has 0 spiro atoms. The Balaban J connectivity index is 1.77. The molecule has 2 heterocycles. The second-order valence-corrected chi connectivity index (χ2v) is 4.82. The average Bonchev–Trinajstić information content (AvgIpc) is 3.03. The van der Waals surface area contributed by atoms with Gasteiger partial charge in [0.05, 0.1) is 11.3 Å². The van der Waals surface area contributed by atoms with Crippen molar-refractivity contribution in [2.45, 2.75) is 13.1 Å². The van der Waals surface area contributed by atoms with E-state index in [9.17, 15) is 5.11 Å². The monoisotopic (exact) mass is 250 g/mol. The number of hydrogen-bond acceptors (Lipinski definition) is 2. The first-order valence-electron chi connectivity index (χ1n) is 6.26. The predicted octanol–water partition coefficient (Wildman–Crippen LogP) is 2.68. The third kappa shape index (κ3) is 1.50. The number of nitrogens with zero attached hydrogens (tertiary/aromatic N) is 3. The number of anilines is 1. The molecular formula is C15H12N3O. The van der Waals surface area contributed by atoms with Crippen LogP contribution in [0.2, 0.25) is 0 Å². The van der Waals surface area contributed by atoms with Crippen molar-refractivity contribution in [1.29, 1.82) is 0 Å². The van der Waals surface area contributed by atoms with Crippen molar-refractivity contribution in [1.82, 2.24) is 5.43 Å². The van der Waals surface area contributed by atoms with Gasteiger partial charge in [-0.15, -0.1) is 10.5 Å². The molecule has 4 heteroatoms. The highest BCUT2D eigenvalue weighted by atomic mass is 16.3. The molecule has 0 unspecified atom stereocenters. The maximum atomic E-state index is 9.87. The van der Waals surface area contributed by atoms with Gasteiger partial charge in [-0.05, 0) is 23.3 Å². The summed E-state index contributed by atoms with van der Waals surface area (Å²) in [7, 11) is 0. The number of benzene rings is 2. The molecule has 1 N–H and O–H groups in total. The fourth-order valence-electron chi connectivity index (χ4n) is 2.76. The van der Waals surface area contributed by atoms with E-state index in [0.29, 0.717) is 0 Å². The first-order chi connectivity index (χ1) is 9.33. The summed E-state index contributed by atoms with van der Waals surface area (Å²) in [5.41, 5.74) is 9.14. The molecule has 2 aromatic carbocycles. The Kier molecular flexibility index (Phi) is 2.06. The maximum absolute atomic E-state index is 9.87. The van der Waals surface area contributed by atoms with E-state index in [1.54, 1.807) is 0 Å². The van der Waals surface area contributed by atoms with Crippen LogP contribution in [0.3, 0.4) is 0 Å². The lowest BCUT2D eigenvalue weighted by Gasteiger charge is -2.20. The Morgan fingerprint density at radius 1 is 0.947 bits per heavy atom. The molecule has 0 amide bonds. The first kappa shape index (κ1) is 10.4. The fraction of sp³-hybridized carbons (Fsp3) is 0.133. The van der Waals surface area contributed by atoms with Crippen LogP contribution in [-0.2, 0) is 13.1 Å². The van der Waals surface area contributed by atoms with Gasteiger partial charge in [0.2, 0.25) is 5.90 Å². The summed E-state index contributed by atoms with van der Waals surface area (Å²) >= 11 is 0. The van der Waals surface area contributed by atoms with E-state index in [0.717, 1.165) is 30.0 Å². The number of aliphatic hydroxyl groups is 1. The number of aliphatic hydroxyl groups excluding tert-OH is 1. The molecule has 4 rings (SSSR count). The van der Waals surface area contributed by atoms with Crippen molar-refractivity contribution in [3.8, 4) is 0 Å². The van der Waals surface area contributed by atoms with Gasteiger partial charge in [-0.1, -0.05) is 30.3 Å². The van der Waals surface area contributed by atoms with Crippen LogP contribution in [0.1, 0.15) is 16.7 Å². The zero-order valence-electron chi connectivity index (χ0n) is 10.2. The molecule has 4 nitrogen and oxygen atoms in total. The molecule has 0 aliphatic carbocycles. The molecule has 0 atom stereocenters. The summed E-state index contributed by atoms with van der Waals surface area (Å²) in [5, 5.41) is 13.6. The first-order valence-corrected chi connectivity index (χ1v) is 6.26. The zero-order valence-corrected chi connectivity index (χ0v) is 10.2. The van der Waals surface area contributed by atoms with E-state index in [1.807, 2.05) is 18.2 Å². The third-order valence-corrected chi connectivity index (χ3v) is 3.68. The third-order valence-electron chi connectivity index (χ3n) is 3.68. The van der Waals surface area contributed by atoms with Crippen LogP contribution >= 0.6 is 0 Å². The number of rotatable bonds is 1. The zero-order chi connectivity index (χ0) is 12.8. The highest BCUT2D eigenvalue weighted by Crippen LogP contribution is 2.35. The highest BCUT2D eigenvalue weighted by molar-refractivity contribution is 6.05. The van der Waals surface area contributed by atoms with Gasteiger partial charge in [0, 0.05) is 13.1 Å². The molecule has 2 aliphatic rings. The van der Waals surface area contributed by atoms with Crippen molar-refractivity contribution >= 4 is 17.3 Å². The molecule has 0 fully saturated rings. The standard InChI is InChI=1S/C15H12N3O/c19-15-14-12(16-17-15)6-3-7-13(14)18-8-10-4-1-2-5-11(10)9-18/h1-7H,8-9H2,(H,17,19). The summed E-state index contributed by atoms with van der Waals surface area (Å²) in [6.07, 6.45) is 0. The molecule has 0 aromatic heterocycles. The SMILES string of the molecule is OC1=N[N]c2cccc(N3Cc4ccccc4C3)c21. The van der Waals surface area contributed by atoms with Gasteiger partial charge >= 0.3 is 0 Å². The van der Waals surface area contributed by atoms with Crippen LogP contribution in [0, 0.1) is 0 Å². The molecule has 2 aromatic rings. The quantitative estimate of drug-likeness (QED) is 0.846. The lowest BCUT2D eigenvalue weighted by atomic mass is 10.1. The minimum Gasteiger partial charge on any atom is -0.492 e. The van der Waals surface area contributed by atoms with Gasteiger partial charge in [-0.25, -0.2) is 0 Å². The van der Waals surface area contributed by atoms with Crippen LogP contribution in [0.4, 0.5) is 11.4 Å². The van der Waals surface area contributed by atoms with E-state index in [-0.39, 0.29) is 5.90 Å². The fourth-order valence-corrected chi connectivity index (χ4v) is 2.76. The maximum Gasteiger partial charge on any atom is 0.242 e. The van der Waals surface area contributed by atoms with Gasteiger partial charge in [-0.2, -0.15) is 0 Å². The second kappa shape index (κ2) is 3.75. The molecule has 19 heavy (non-hydrogen) atoms. The van der Waals surface area contributed by atoms with E-state index < -0.39 is 0 Å². The summed E-state index contributed by atoms with van der Waals surface area (Å²) in [6, 6.07) is 14.3.